The lowest BCUT2D eigenvalue weighted by Crippen LogP contribution is -2.35. The number of hydrogen-bond donors (Lipinski definition) is 1. The van der Waals surface area contributed by atoms with Crippen molar-refractivity contribution < 1.29 is 0 Å². The molecule has 0 spiro atoms. The molecule has 4 nitrogen and oxygen atoms in total. The number of hydrogen-bond acceptors (Lipinski definition) is 2. The monoisotopic (exact) mass is 320 g/mol. The third-order valence-corrected chi connectivity index (χ3v) is 4.88. The lowest BCUT2D eigenvalue weighted by molar-refractivity contribution is 0.285. The molecule has 2 rings (SSSR count). The maximum atomic E-state index is 11.7. The van der Waals surface area contributed by atoms with Gasteiger partial charge in [-0.05, 0) is 18.3 Å². The van der Waals surface area contributed by atoms with Crippen LogP contribution >= 0.6 is 27.5 Å². The Balaban J connectivity index is 2.32. The van der Waals surface area contributed by atoms with Gasteiger partial charge in [0.15, 0.2) is 0 Å². The normalized spacial score (nSPS) is 18.5. The van der Waals surface area contributed by atoms with E-state index in [0.29, 0.717) is 6.54 Å². The number of aromatic nitrogens is 2. The molecular formula is C11H14BrClN2O2. The third-order valence-electron chi connectivity index (χ3n) is 3.42. The summed E-state index contributed by atoms with van der Waals surface area (Å²) in [5.41, 5.74) is -0.787. The molecule has 6 heteroatoms. The van der Waals surface area contributed by atoms with Crippen molar-refractivity contribution >= 4 is 27.5 Å². The Morgan fingerprint density at radius 2 is 2.06 bits per heavy atom. The van der Waals surface area contributed by atoms with Gasteiger partial charge in [-0.3, -0.25) is 14.3 Å². The third kappa shape index (κ3) is 2.65. The molecule has 1 aromatic heterocycles. The molecule has 1 aliphatic carbocycles. The summed E-state index contributed by atoms with van der Waals surface area (Å²) in [4.78, 5) is 25.1. The molecule has 0 saturated heterocycles. The number of nitrogens with one attached hydrogen (secondary N) is 1. The number of nitrogens with zero attached hydrogens (tertiary/aromatic N) is 1. The quantitative estimate of drug-likeness (QED) is 0.867. The van der Waals surface area contributed by atoms with E-state index in [0.717, 1.165) is 18.2 Å². The minimum absolute atomic E-state index is 0.0623. The largest absolute Gasteiger partial charge is 0.328 e. The van der Waals surface area contributed by atoms with Crippen LogP contribution in [0.4, 0.5) is 0 Å². The second-order valence-corrected chi connectivity index (χ2v) is 5.67. The van der Waals surface area contributed by atoms with Crippen molar-refractivity contribution in [1.29, 1.82) is 0 Å². The predicted octanol–water partition coefficient (Wildman–Crippen LogP) is 2.15. The van der Waals surface area contributed by atoms with Crippen molar-refractivity contribution in [3.8, 4) is 0 Å². The molecule has 0 atom stereocenters. The summed E-state index contributed by atoms with van der Waals surface area (Å²) >= 11 is 9.27. The number of halogens is 2. The van der Waals surface area contributed by atoms with Gasteiger partial charge in [-0.25, -0.2) is 4.79 Å². The minimum atomic E-state index is -0.521. The summed E-state index contributed by atoms with van der Waals surface area (Å²) in [5, 5.41) is 0.927. The van der Waals surface area contributed by atoms with Crippen LogP contribution in [0.25, 0.3) is 0 Å². The fourth-order valence-corrected chi connectivity index (χ4v) is 3.32. The van der Waals surface area contributed by atoms with Gasteiger partial charge in [-0.15, -0.1) is 0 Å². The highest BCUT2D eigenvalue weighted by Crippen LogP contribution is 2.40. The summed E-state index contributed by atoms with van der Waals surface area (Å²) in [7, 11) is 0. The zero-order valence-electron chi connectivity index (χ0n) is 9.34. The molecule has 1 saturated carbocycles. The average molecular weight is 322 g/mol. The molecule has 0 aromatic carbocycles. The van der Waals surface area contributed by atoms with E-state index in [-0.39, 0.29) is 16.1 Å². The first-order valence-electron chi connectivity index (χ1n) is 5.62. The van der Waals surface area contributed by atoms with E-state index in [4.69, 9.17) is 11.6 Å². The van der Waals surface area contributed by atoms with Crippen LogP contribution in [0.1, 0.15) is 25.7 Å². The van der Waals surface area contributed by atoms with Crippen LogP contribution in [-0.2, 0) is 6.54 Å². The second-order valence-electron chi connectivity index (χ2n) is 4.70. The van der Waals surface area contributed by atoms with Crippen molar-refractivity contribution in [1.82, 2.24) is 9.55 Å². The standard InChI is InChI=1S/C11H14BrClN2O2/c12-6-11(3-1-2-4-11)7-15-5-8(13)9(16)14-10(15)17/h5H,1-4,6-7H2,(H,14,16,17). The van der Waals surface area contributed by atoms with Gasteiger partial charge in [0.25, 0.3) is 5.56 Å². The van der Waals surface area contributed by atoms with E-state index in [1.807, 2.05) is 0 Å². The molecule has 0 amide bonds. The van der Waals surface area contributed by atoms with Gasteiger partial charge in [0.05, 0.1) is 0 Å². The van der Waals surface area contributed by atoms with Gasteiger partial charge >= 0.3 is 5.69 Å². The van der Waals surface area contributed by atoms with Gasteiger partial charge in [0.1, 0.15) is 5.02 Å². The Bertz CT molecular complexity index is 517. The summed E-state index contributed by atoms with van der Waals surface area (Å²) in [5.74, 6) is 0. The van der Waals surface area contributed by atoms with Gasteiger partial charge < -0.3 is 0 Å². The lowest BCUT2D eigenvalue weighted by atomic mass is 9.89. The number of alkyl halides is 1. The highest BCUT2D eigenvalue weighted by atomic mass is 79.9. The maximum absolute atomic E-state index is 11.7. The summed E-state index contributed by atoms with van der Waals surface area (Å²) in [6, 6.07) is 0. The Morgan fingerprint density at radius 3 is 2.65 bits per heavy atom. The minimum Gasteiger partial charge on any atom is -0.299 e. The van der Waals surface area contributed by atoms with Crippen molar-refractivity contribution in [3.63, 3.8) is 0 Å². The molecule has 0 unspecified atom stereocenters. The van der Waals surface area contributed by atoms with E-state index in [1.54, 1.807) is 0 Å². The molecule has 1 fully saturated rings. The Morgan fingerprint density at radius 1 is 1.41 bits per heavy atom. The van der Waals surface area contributed by atoms with Gasteiger partial charge in [0.2, 0.25) is 0 Å². The first-order chi connectivity index (χ1) is 8.06. The Hall–Kier alpha value is -0.550. The van der Waals surface area contributed by atoms with Gasteiger partial charge in [0, 0.05) is 18.1 Å². The molecular weight excluding hydrogens is 307 g/mol. The highest BCUT2D eigenvalue weighted by molar-refractivity contribution is 9.09. The van der Waals surface area contributed by atoms with E-state index < -0.39 is 5.56 Å². The molecule has 0 radical (unpaired) electrons. The van der Waals surface area contributed by atoms with Crippen molar-refractivity contribution in [2.45, 2.75) is 32.2 Å². The van der Waals surface area contributed by atoms with Crippen LogP contribution in [0, 0.1) is 5.41 Å². The zero-order chi connectivity index (χ0) is 12.5. The second kappa shape index (κ2) is 4.98. The van der Waals surface area contributed by atoms with Crippen LogP contribution in [-0.4, -0.2) is 14.9 Å². The van der Waals surface area contributed by atoms with Crippen LogP contribution in [0.15, 0.2) is 15.8 Å². The van der Waals surface area contributed by atoms with Crippen LogP contribution in [0.3, 0.4) is 0 Å². The fourth-order valence-electron chi connectivity index (χ4n) is 2.42. The summed E-state index contributed by atoms with van der Waals surface area (Å²) in [6.45, 7) is 0.605. The van der Waals surface area contributed by atoms with Crippen molar-refractivity contribution in [2.24, 2.45) is 5.41 Å². The number of aromatic amines is 1. The van der Waals surface area contributed by atoms with Crippen molar-refractivity contribution in [3.05, 3.63) is 32.1 Å². The fraction of sp³-hybridized carbons (Fsp3) is 0.636. The van der Waals surface area contributed by atoms with E-state index >= 15 is 0 Å². The number of rotatable bonds is 3. The lowest BCUT2D eigenvalue weighted by Gasteiger charge is -2.27. The van der Waals surface area contributed by atoms with Crippen molar-refractivity contribution in [2.75, 3.05) is 5.33 Å². The molecule has 0 bridgehead atoms. The maximum Gasteiger partial charge on any atom is 0.328 e. The molecule has 94 valence electrons. The molecule has 1 aromatic rings. The highest BCUT2D eigenvalue weighted by Gasteiger charge is 2.33. The topological polar surface area (TPSA) is 54.9 Å². The van der Waals surface area contributed by atoms with Gasteiger partial charge in [-0.2, -0.15) is 0 Å². The zero-order valence-corrected chi connectivity index (χ0v) is 11.7. The van der Waals surface area contributed by atoms with E-state index in [9.17, 15) is 9.59 Å². The SMILES string of the molecule is O=c1[nH]c(=O)n(CC2(CBr)CCCC2)cc1Cl. The molecule has 0 aliphatic heterocycles. The summed E-state index contributed by atoms with van der Waals surface area (Å²) in [6.07, 6.45) is 6.02. The molecule has 1 N–H and O–H groups in total. The van der Waals surface area contributed by atoms with Crippen LogP contribution in [0.5, 0.6) is 0 Å². The molecule has 1 aliphatic rings. The molecule has 1 heterocycles. The Kier molecular flexibility index (Phi) is 3.78. The predicted molar refractivity (Wildman–Crippen MR) is 71.0 cm³/mol. The molecule has 17 heavy (non-hydrogen) atoms. The first kappa shape index (κ1) is 12.9. The van der Waals surface area contributed by atoms with Gasteiger partial charge in [-0.1, -0.05) is 40.4 Å². The van der Waals surface area contributed by atoms with Crippen LogP contribution in [0.2, 0.25) is 5.02 Å². The number of H-pyrrole nitrogens is 1. The first-order valence-corrected chi connectivity index (χ1v) is 7.11. The average Bonchev–Trinajstić information content (AvgIpc) is 2.75. The smallest absolute Gasteiger partial charge is 0.299 e. The Labute approximate surface area is 112 Å². The summed E-state index contributed by atoms with van der Waals surface area (Å²) < 4.78 is 1.51. The van der Waals surface area contributed by atoms with E-state index in [1.165, 1.54) is 23.6 Å². The van der Waals surface area contributed by atoms with E-state index in [2.05, 4.69) is 20.9 Å². The van der Waals surface area contributed by atoms with Crippen LogP contribution < -0.4 is 11.2 Å².